The fourth-order valence-corrected chi connectivity index (χ4v) is 3.76. The molecular weight excluding hydrogens is 333 g/mol. The molecule has 3 aliphatic rings. The van der Waals surface area contributed by atoms with Crippen molar-refractivity contribution in [2.24, 2.45) is 5.92 Å². The zero-order chi connectivity index (χ0) is 16.0. The van der Waals surface area contributed by atoms with Crippen LogP contribution in [0.15, 0.2) is 0 Å². The minimum absolute atomic E-state index is 0. The molecule has 1 saturated heterocycles. The summed E-state index contributed by atoms with van der Waals surface area (Å²) in [6.45, 7) is 0.830. The number of alkyl halides is 3. The highest BCUT2D eigenvalue weighted by atomic mass is 35.5. The maximum absolute atomic E-state index is 12.8. The van der Waals surface area contributed by atoms with Crippen LogP contribution in [-0.2, 0) is 4.79 Å². The molecule has 0 aromatic heterocycles. The van der Waals surface area contributed by atoms with Gasteiger partial charge in [0.1, 0.15) is 0 Å². The van der Waals surface area contributed by atoms with Crippen LogP contribution in [0.3, 0.4) is 0 Å². The monoisotopic (exact) mass is 356 g/mol. The molecule has 0 radical (unpaired) electrons. The summed E-state index contributed by atoms with van der Waals surface area (Å²) in [7, 11) is 0. The van der Waals surface area contributed by atoms with Crippen molar-refractivity contribution in [2.45, 2.75) is 74.7 Å². The second-order valence-electron chi connectivity index (χ2n) is 7.21. The Morgan fingerprint density at radius 3 is 2.26 bits per heavy atom. The number of rotatable bonds is 2. The molecule has 8 heteroatoms. The molecule has 2 saturated carbocycles. The number of carbonyl (C=O) groups is 1. The van der Waals surface area contributed by atoms with Crippen LogP contribution < -0.4 is 10.6 Å². The number of carbonyl (C=O) groups excluding carboxylic acids is 1. The molecule has 0 bridgehead atoms. The highest BCUT2D eigenvalue weighted by molar-refractivity contribution is 5.85. The minimum atomic E-state index is -4.59. The molecular formula is C15H24ClF3N2O2. The van der Waals surface area contributed by atoms with E-state index in [1.165, 1.54) is 0 Å². The van der Waals surface area contributed by atoms with E-state index < -0.39 is 11.8 Å². The highest BCUT2D eigenvalue weighted by Crippen LogP contribution is 2.44. The average Bonchev–Trinajstić information content (AvgIpc) is 3.19. The topological polar surface area (TPSA) is 61.4 Å². The largest absolute Gasteiger partial charge is 0.417 e. The summed E-state index contributed by atoms with van der Waals surface area (Å²) in [6, 6.07) is -0.250. The van der Waals surface area contributed by atoms with Crippen molar-refractivity contribution in [1.82, 2.24) is 10.6 Å². The average molecular weight is 357 g/mol. The first kappa shape index (κ1) is 18.8. The number of nitrogens with one attached hydrogen (secondary N) is 2. The van der Waals surface area contributed by atoms with Gasteiger partial charge in [0, 0.05) is 17.5 Å². The number of hydrogen-bond donors (Lipinski definition) is 3. The van der Waals surface area contributed by atoms with Gasteiger partial charge < -0.3 is 15.7 Å². The molecule has 1 spiro atoms. The third kappa shape index (κ3) is 3.94. The summed E-state index contributed by atoms with van der Waals surface area (Å²) in [5.41, 5.74) is -2.43. The second-order valence-corrected chi connectivity index (χ2v) is 7.21. The minimum Gasteiger partial charge on any atom is -0.380 e. The molecule has 1 amide bonds. The Morgan fingerprint density at radius 1 is 1.13 bits per heavy atom. The first-order chi connectivity index (χ1) is 10.2. The van der Waals surface area contributed by atoms with E-state index in [4.69, 9.17) is 0 Å². The number of aliphatic hydroxyl groups is 1. The van der Waals surface area contributed by atoms with Gasteiger partial charge >= 0.3 is 6.18 Å². The van der Waals surface area contributed by atoms with Gasteiger partial charge in [0.05, 0.1) is 0 Å². The summed E-state index contributed by atoms with van der Waals surface area (Å²) in [5, 5.41) is 16.0. The lowest BCUT2D eigenvalue weighted by atomic mass is 9.81. The van der Waals surface area contributed by atoms with E-state index in [1.54, 1.807) is 0 Å². The first-order valence-corrected chi connectivity index (χ1v) is 8.08. The fraction of sp³-hybridized carbons (Fsp3) is 0.933. The van der Waals surface area contributed by atoms with Gasteiger partial charge in [-0.05, 0) is 57.9 Å². The van der Waals surface area contributed by atoms with Crippen molar-refractivity contribution < 1.29 is 23.1 Å². The van der Waals surface area contributed by atoms with Gasteiger partial charge in [-0.25, -0.2) is 0 Å². The van der Waals surface area contributed by atoms with Gasteiger partial charge in [-0.3, -0.25) is 4.79 Å². The fourth-order valence-electron chi connectivity index (χ4n) is 3.76. The maximum atomic E-state index is 12.8. The molecule has 1 aliphatic heterocycles. The van der Waals surface area contributed by atoms with E-state index >= 15 is 0 Å². The standard InChI is InChI=1S/C15H23F3N2O2.ClH/c16-15(17,18)14(22)4-1-11(2-5-14)20-12(21)10-3-8-19-13(9-10)6-7-13;/h10-11,19,22H,1-9H2,(H,20,21);1H. The Morgan fingerprint density at radius 2 is 1.74 bits per heavy atom. The Kier molecular flexibility index (Phi) is 5.24. The Bertz CT molecular complexity index is 446. The number of halogens is 4. The SMILES string of the molecule is Cl.O=C(NC1CCC(O)(C(F)(F)F)CC1)C1CCNC2(CC2)C1. The molecule has 1 heterocycles. The lowest BCUT2D eigenvalue weighted by molar-refractivity contribution is -0.270. The Labute approximate surface area is 140 Å². The molecule has 4 nitrogen and oxygen atoms in total. The predicted octanol–water partition coefficient (Wildman–Crippen LogP) is 2.29. The van der Waals surface area contributed by atoms with E-state index in [9.17, 15) is 23.1 Å². The molecule has 2 aliphatic carbocycles. The molecule has 0 aromatic carbocycles. The molecule has 134 valence electrons. The lowest BCUT2D eigenvalue weighted by Gasteiger charge is -2.38. The van der Waals surface area contributed by atoms with Gasteiger partial charge in [0.15, 0.2) is 5.60 Å². The van der Waals surface area contributed by atoms with Crippen LogP contribution in [0.25, 0.3) is 0 Å². The smallest absolute Gasteiger partial charge is 0.380 e. The van der Waals surface area contributed by atoms with Crippen LogP contribution in [0.4, 0.5) is 13.2 Å². The molecule has 3 rings (SSSR count). The quantitative estimate of drug-likeness (QED) is 0.711. The van der Waals surface area contributed by atoms with Crippen LogP contribution in [0.1, 0.15) is 51.4 Å². The summed E-state index contributed by atoms with van der Waals surface area (Å²) >= 11 is 0. The van der Waals surface area contributed by atoms with Crippen molar-refractivity contribution >= 4 is 18.3 Å². The van der Waals surface area contributed by atoms with E-state index in [0.717, 1.165) is 32.2 Å². The van der Waals surface area contributed by atoms with Gasteiger partial charge in [-0.1, -0.05) is 0 Å². The molecule has 1 atom stereocenters. The van der Waals surface area contributed by atoms with Crippen LogP contribution in [0.5, 0.6) is 0 Å². The summed E-state index contributed by atoms with van der Waals surface area (Å²) in [4.78, 5) is 12.3. The van der Waals surface area contributed by atoms with Gasteiger partial charge in [0.2, 0.25) is 5.91 Å². The van der Waals surface area contributed by atoms with E-state index in [2.05, 4.69) is 10.6 Å². The maximum Gasteiger partial charge on any atom is 0.417 e. The van der Waals surface area contributed by atoms with Crippen molar-refractivity contribution in [2.75, 3.05) is 6.54 Å². The Hall–Kier alpha value is -0.530. The summed E-state index contributed by atoms with van der Waals surface area (Å²) in [5.74, 6) is -0.0672. The van der Waals surface area contributed by atoms with Crippen molar-refractivity contribution in [3.63, 3.8) is 0 Å². The number of piperidine rings is 1. The van der Waals surface area contributed by atoms with Crippen molar-refractivity contribution in [3.05, 3.63) is 0 Å². The van der Waals surface area contributed by atoms with Crippen LogP contribution in [-0.4, -0.2) is 40.9 Å². The normalized spacial score (nSPS) is 36.2. The summed E-state index contributed by atoms with van der Waals surface area (Å²) in [6.07, 6.45) is -1.07. The molecule has 3 fully saturated rings. The van der Waals surface area contributed by atoms with E-state index in [1.807, 2.05) is 0 Å². The molecule has 0 aromatic rings. The molecule has 1 unspecified atom stereocenters. The summed E-state index contributed by atoms with van der Waals surface area (Å²) < 4.78 is 38.3. The van der Waals surface area contributed by atoms with Crippen LogP contribution >= 0.6 is 12.4 Å². The van der Waals surface area contributed by atoms with Crippen LogP contribution in [0, 0.1) is 5.92 Å². The second kappa shape index (κ2) is 6.41. The first-order valence-electron chi connectivity index (χ1n) is 8.08. The van der Waals surface area contributed by atoms with Crippen molar-refractivity contribution in [3.8, 4) is 0 Å². The third-order valence-corrected chi connectivity index (χ3v) is 5.54. The number of amides is 1. The van der Waals surface area contributed by atoms with Crippen molar-refractivity contribution in [1.29, 1.82) is 0 Å². The zero-order valence-corrected chi connectivity index (χ0v) is 13.7. The van der Waals surface area contributed by atoms with E-state index in [-0.39, 0.29) is 61.5 Å². The number of hydrogen-bond acceptors (Lipinski definition) is 3. The van der Waals surface area contributed by atoms with Crippen LogP contribution in [0.2, 0.25) is 0 Å². The Balaban J connectivity index is 0.00000192. The molecule has 3 N–H and O–H groups in total. The zero-order valence-electron chi connectivity index (χ0n) is 12.9. The third-order valence-electron chi connectivity index (χ3n) is 5.54. The predicted molar refractivity (Wildman–Crippen MR) is 81.3 cm³/mol. The van der Waals surface area contributed by atoms with Gasteiger partial charge in [-0.2, -0.15) is 13.2 Å². The van der Waals surface area contributed by atoms with E-state index in [0.29, 0.717) is 0 Å². The van der Waals surface area contributed by atoms with Gasteiger partial charge in [-0.15, -0.1) is 12.4 Å². The highest BCUT2D eigenvalue weighted by Gasteiger charge is 2.55. The van der Waals surface area contributed by atoms with Gasteiger partial charge in [0.25, 0.3) is 0 Å². The molecule has 23 heavy (non-hydrogen) atoms. The lowest BCUT2D eigenvalue weighted by Crippen LogP contribution is -2.52.